The van der Waals surface area contributed by atoms with E-state index in [1.54, 1.807) is 36.4 Å². The average Bonchev–Trinajstić information content (AvgIpc) is 2.78. The molecule has 0 saturated heterocycles. The zero-order valence-electron chi connectivity index (χ0n) is 16.1. The van der Waals surface area contributed by atoms with Gasteiger partial charge in [0.25, 0.3) is 0 Å². The van der Waals surface area contributed by atoms with Gasteiger partial charge in [-0.2, -0.15) is 0 Å². The van der Waals surface area contributed by atoms with Crippen molar-refractivity contribution in [1.29, 1.82) is 0 Å². The molecule has 5 nitrogen and oxygen atoms in total. The highest BCUT2D eigenvalue weighted by Crippen LogP contribution is 2.35. The van der Waals surface area contributed by atoms with Crippen molar-refractivity contribution in [2.45, 2.75) is 0 Å². The molecule has 30 heavy (non-hydrogen) atoms. The fourth-order valence-electron chi connectivity index (χ4n) is 3.00. The van der Waals surface area contributed by atoms with E-state index < -0.39 is 0 Å². The Morgan fingerprint density at radius 1 is 0.600 bits per heavy atom. The number of anilines is 2. The molecular weight excluding hydrogens is 376 g/mol. The number of carbonyl (C=O) groups excluding carboxylic acids is 1. The van der Waals surface area contributed by atoms with Crippen LogP contribution in [-0.4, -0.2) is 5.78 Å². The summed E-state index contributed by atoms with van der Waals surface area (Å²) < 4.78 is 11.6. The molecular formula is C25H20N2O3. The summed E-state index contributed by atoms with van der Waals surface area (Å²) in [7, 11) is 0. The molecule has 4 N–H and O–H groups in total. The van der Waals surface area contributed by atoms with Crippen LogP contribution in [-0.2, 0) is 0 Å². The number of rotatable bonds is 6. The number of para-hydroxylation sites is 2. The molecule has 4 aromatic carbocycles. The van der Waals surface area contributed by atoms with Crippen LogP contribution in [0, 0.1) is 0 Å². The van der Waals surface area contributed by atoms with E-state index in [1.807, 2.05) is 60.7 Å². The van der Waals surface area contributed by atoms with Crippen LogP contribution in [0.15, 0.2) is 97.1 Å². The van der Waals surface area contributed by atoms with E-state index >= 15 is 0 Å². The van der Waals surface area contributed by atoms with Gasteiger partial charge in [0.1, 0.15) is 17.2 Å². The number of ketones is 1. The summed E-state index contributed by atoms with van der Waals surface area (Å²) in [4.78, 5) is 13.1. The minimum Gasteiger partial charge on any atom is -0.457 e. The van der Waals surface area contributed by atoms with Crippen molar-refractivity contribution in [3.05, 3.63) is 108 Å². The van der Waals surface area contributed by atoms with E-state index in [-0.39, 0.29) is 17.2 Å². The van der Waals surface area contributed by atoms with Crippen molar-refractivity contribution >= 4 is 17.2 Å². The van der Waals surface area contributed by atoms with E-state index in [0.717, 1.165) is 0 Å². The molecule has 0 atom stereocenters. The summed E-state index contributed by atoms with van der Waals surface area (Å²) in [6, 6.07) is 28.8. The van der Waals surface area contributed by atoms with Crippen LogP contribution in [0.4, 0.5) is 11.4 Å². The molecule has 0 saturated carbocycles. The molecule has 0 radical (unpaired) electrons. The number of hydrogen-bond donors (Lipinski definition) is 2. The largest absolute Gasteiger partial charge is 0.457 e. The second-order valence-corrected chi connectivity index (χ2v) is 6.63. The summed E-state index contributed by atoms with van der Waals surface area (Å²) in [5.41, 5.74) is 13.5. The van der Waals surface area contributed by atoms with Gasteiger partial charge in [0, 0.05) is 11.1 Å². The third-order valence-electron chi connectivity index (χ3n) is 4.54. The molecule has 4 rings (SSSR count). The zero-order valence-corrected chi connectivity index (χ0v) is 16.1. The second kappa shape index (κ2) is 8.41. The number of ether oxygens (including phenoxy) is 2. The van der Waals surface area contributed by atoms with Gasteiger partial charge in [0.2, 0.25) is 0 Å². The second-order valence-electron chi connectivity index (χ2n) is 6.63. The van der Waals surface area contributed by atoms with E-state index in [2.05, 4.69) is 0 Å². The number of nitrogen functional groups attached to an aromatic ring is 2. The molecule has 4 aromatic rings. The summed E-state index contributed by atoms with van der Waals surface area (Å²) in [6.07, 6.45) is 0. The lowest BCUT2D eigenvalue weighted by atomic mass is 10.0. The molecule has 0 bridgehead atoms. The van der Waals surface area contributed by atoms with Gasteiger partial charge in [0.05, 0.1) is 11.4 Å². The van der Waals surface area contributed by atoms with Gasteiger partial charge in [-0.05, 0) is 48.5 Å². The highest BCUT2D eigenvalue weighted by molar-refractivity contribution is 6.13. The first-order valence-corrected chi connectivity index (χ1v) is 9.40. The Labute approximate surface area is 174 Å². The maximum atomic E-state index is 13.1. The average molecular weight is 396 g/mol. The maximum absolute atomic E-state index is 13.1. The normalized spacial score (nSPS) is 10.4. The predicted octanol–water partition coefficient (Wildman–Crippen LogP) is 5.67. The SMILES string of the molecule is Nc1c(Oc2ccccc2)ccc(C(=O)c2cccc(Oc3ccccc3)c2)c1N. The van der Waals surface area contributed by atoms with Gasteiger partial charge in [-0.1, -0.05) is 48.5 Å². The number of nitrogens with two attached hydrogens (primary N) is 2. The molecule has 0 aliphatic carbocycles. The molecule has 0 spiro atoms. The van der Waals surface area contributed by atoms with E-state index in [4.69, 9.17) is 20.9 Å². The van der Waals surface area contributed by atoms with Gasteiger partial charge in [-0.25, -0.2) is 0 Å². The lowest BCUT2D eigenvalue weighted by Gasteiger charge is -2.13. The molecule has 0 aliphatic rings. The van der Waals surface area contributed by atoms with Crippen LogP contribution >= 0.6 is 0 Å². The van der Waals surface area contributed by atoms with Gasteiger partial charge in [-0.15, -0.1) is 0 Å². The molecule has 5 heteroatoms. The maximum Gasteiger partial charge on any atom is 0.195 e. The first-order chi connectivity index (χ1) is 14.6. The summed E-state index contributed by atoms with van der Waals surface area (Å²) in [5, 5.41) is 0. The quantitative estimate of drug-likeness (QED) is 0.324. The molecule has 0 amide bonds. The molecule has 0 aliphatic heterocycles. The number of hydrogen-bond acceptors (Lipinski definition) is 5. The Kier molecular flexibility index (Phi) is 5.35. The Morgan fingerprint density at radius 2 is 1.20 bits per heavy atom. The molecule has 0 fully saturated rings. The van der Waals surface area contributed by atoms with Crippen molar-refractivity contribution in [3.8, 4) is 23.0 Å². The van der Waals surface area contributed by atoms with Crippen molar-refractivity contribution in [2.24, 2.45) is 0 Å². The number of carbonyl (C=O) groups is 1. The van der Waals surface area contributed by atoms with Gasteiger partial charge in [-0.3, -0.25) is 4.79 Å². The van der Waals surface area contributed by atoms with Crippen LogP contribution in [0.1, 0.15) is 15.9 Å². The minimum atomic E-state index is -0.246. The highest BCUT2D eigenvalue weighted by atomic mass is 16.5. The van der Waals surface area contributed by atoms with Crippen LogP contribution in [0.3, 0.4) is 0 Å². The van der Waals surface area contributed by atoms with Gasteiger partial charge in [0.15, 0.2) is 11.5 Å². The lowest BCUT2D eigenvalue weighted by molar-refractivity contribution is 0.103. The predicted molar refractivity (Wildman–Crippen MR) is 118 cm³/mol. The van der Waals surface area contributed by atoms with Crippen molar-refractivity contribution in [2.75, 3.05) is 11.5 Å². The van der Waals surface area contributed by atoms with E-state index in [1.165, 1.54) is 0 Å². The molecule has 0 aromatic heterocycles. The monoisotopic (exact) mass is 396 g/mol. The fourth-order valence-corrected chi connectivity index (χ4v) is 3.00. The van der Waals surface area contributed by atoms with Crippen LogP contribution in [0.5, 0.6) is 23.0 Å². The third kappa shape index (κ3) is 4.10. The molecule has 0 unspecified atom stereocenters. The zero-order chi connectivity index (χ0) is 20.9. The van der Waals surface area contributed by atoms with E-state index in [9.17, 15) is 4.79 Å². The van der Waals surface area contributed by atoms with Crippen LogP contribution in [0.2, 0.25) is 0 Å². The first-order valence-electron chi connectivity index (χ1n) is 9.40. The Bertz CT molecular complexity index is 1180. The minimum absolute atomic E-state index is 0.183. The summed E-state index contributed by atoms with van der Waals surface area (Å²) in [5.74, 6) is 2.03. The third-order valence-corrected chi connectivity index (χ3v) is 4.54. The Hall–Kier alpha value is -4.25. The van der Waals surface area contributed by atoms with Gasteiger partial charge < -0.3 is 20.9 Å². The van der Waals surface area contributed by atoms with Crippen LogP contribution in [0.25, 0.3) is 0 Å². The lowest BCUT2D eigenvalue weighted by Crippen LogP contribution is -2.08. The standard InChI is InChI=1S/C25H20N2O3/c26-23-21(14-15-22(24(23)27)30-19-11-5-2-6-12-19)25(28)17-8-7-13-20(16-17)29-18-9-3-1-4-10-18/h1-16H,26-27H2. The summed E-state index contributed by atoms with van der Waals surface area (Å²) >= 11 is 0. The van der Waals surface area contributed by atoms with Gasteiger partial charge >= 0.3 is 0 Å². The highest BCUT2D eigenvalue weighted by Gasteiger charge is 2.18. The van der Waals surface area contributed by atoms with E-state index in [0.29, 0.717) is 34.1 Å². The van der Waals surface area contributed by atoms with Crippen molar-refractivity contribution in [3.63, 3.8) is 0 Å². The number of benzene rings is 4. The Balaban J connectivity index is 1.59. The van der Waals surface area contributed by atoms with Crippen molar-refractivity contribution < 1.29 is 14.3 Å². The van der Waals surface area contributed by atoms with Crippen LogP contribution < -0.4 is 20.9 Å². The molecule has 0 heterocycles. The first kappa shape index (κ1) is 19.1. The molecule has 148 valence electrons. The Morgan fingerprint density at radius 3 is 1.87 bits per heavy atom. The fraction of sp³-hybridized carbons (Fsp3) is 0. The van der Waals surface area contributed by atoms with Crippen molar-refractivity contribution in [1.82, 2.24) is 0 Å². The smallest absolute Gasteiger partial charge is 0.195 e. The topological polar surface area (TPSA) is 87.6 Å². The summed E-state index contributed by atoms with van der Waals surface area (Å²) in [6.45, 7) is 0.